The molecule has 0 spiro atoms. The van der Waals surface area contributed by atoms with Gasteiger partial charge in [0, 0.05) is 22.2 Å². The van der Waals surface area contributed by atoms with Gasteiger partial charge in [0.05, 0.1) is 12.3 Å². The van der Waals surface area contributed by atoms with Crippen molar-refractivity contribution in [1.82, 2.24) is 4.98 Å². The minimum absolute atomic E-state index is 0.676. The van der Waals surface area contributed by atoms with Crippen molar-refractivity contribution in [3.05, 3.63) is 53.9 Å². The van der Waals surface area contributed by atoms with Crippen LogP contribution in [0.4, 0.5) is 5.69 Å². The zero-order valence-electron chi connectivity index (χ0n) is 11.7. The molecule has 0 fully saturated rings. The number of thiazole rings is 1. The van der Waals surface area contributed by atoms with E-state index in [2.05, 4.69) is 10.4 Å². The second-order valence-corrected chi connectivity index (χ2v) is 5.48. The molecule has 3 rings (SSSR count). The van der Waals surface area contributed by atoms with E-state index in [1.165, 1.54) is 0 Å². The lowest BCUT2D eigenvalue weighted by molar-refractivity contribution is 0.340. The van der Waals surface area contributed by atoms with Gasteiger partial charge in [0.15, 0.2) is 0 Å². The highest BCUT2D eigenvalue weighted by Gasteiger charge is 2.07. The second-order valence-electron chi connectivity index (χ2n) is 4.62. The highest BCUT2D eigenvalue weighted by Crippen LogP contribution is 2.30. The van der Waals surface area contributed by atoms with Gasteiger partial charge in [-0.1, -0.05) is 12.1 Å². The van der Waals surface area contributed by atoms with Crippen LogP contribution in [0.1, 0.15) is 6.92 Å². The van der Waals surface area contributed by atoms with Crippen molar-refractivity contribution in [1.29, 1.82) is 0 Å². The summed E-state index contributed by atoms with van der Waals surface area (Å²) in [6.07, 6.45) is 0. The summed E-state index contributed by atoms with van der Waals surface area (Å²) in [5.74, 6) is 0.882. The predicted octanol–water partition coefficient (Wildman–Crippen LogP) is 4.46. The largest absolute Gasteiger partial charge is 0.494 e. The number of anilines is 1. The normalized spacial score (nSPS) is 10.5. The van der Waals surface area contributed by atoms with Crippen molar-refractivity contribution in [3.63, 3.8) is 0 Å². The van der Waals surface area contributed by atoms with Crippen LogP contribution in [0.15, 0.2) is 53.9 Å². The minimum atomic E-state index is 0.676. The lowest BCUT2D eigenvalue weighted by atomic mass is 10.1. The Morgan fingerprint density at radius 1 is 1.10 bits per heavy atom. The number of hydrogen-bond acceptors (Lipinski definition) is 4. The van der Waals surface area contributed by atoms with Crippen LogP contribution in [-0.4, -0.2) is 11.6 Å². The molecule has 0 bridgehead atoms. The van der Waals surface area contributed by atoms with Crippen LogP contribution in [0.5, 0.6) is 5.75 Å². The molecule has 0 unspecified atom stereocenters. The minimum Gasteiger partial charge on any atom is -0.494 e. The lowest BCUT2D eigenvalue weighted by Crippen LogP contribution is -1.90. The monoisotopic (exact) mass is 296 g/mol. The smallest absolute Gasteiger partial charge is 0.124 e. The molecule has 0 saturated heterocycles. The molecule has 106 valence electrons. The number of ether oxygens (including phenoxy) is 1. The molecule has 1 heterocycles. The van der Waals surface area contributed by atoms with Gasteiger partial charge >= 0.3 is 0 Å². The Balaban J connectivity index is 1.87. The number of benzene rings is 2. The maximum absolute atomic E-state index is 5.82. The van der Waals surface area contributed by atoms with Gasteiger partial charge in [-0.15, -0.1) is 11.3 Å². The molecule has 2 aromatic carbocycles. The first-order valence-corrected chi connectivity index (χ1v) is 7.69. The van der Waals surface area contributed by atoms with Crippen molar-refractivity contribution >= 4 is 17.0 Å². The zero-order chi connectivity index (χ0) is 14.7. The van der Waals surface area contributed by atoms with Gasteiger partial charge in [-0.05, 0) is 43.3 Å². The van der Waals surface area contributed by atoms with Crippen LogP contribution in [0.3, 0.4) is 0 Å². The SMILES string of the molecule is CCOc1ccc(-c2csc(-c3cccc(N)c3)n2)cc1. The van der Waals surface area contributed by atoms with Gasteiger partial charge in [-0.25, -0.2) is 4.98 Å². The molecule has 2 N–H and O–H groups in total. The molecule has 3 aromatic rings. The summed E-state index contributed by atoms with van der Waals surface area (Å²) in [5, 5.41) is 3.04. The van der Waals surface area contributed by atoms with Gasteiger partial charge in [-0.2, -0.15) is 0 Å². The molecule has 0 aliphatic heterocycles. The number of nitrogens with zero attached hydrogens (tertiary/aromatic N) is 1. The summed E-state index contributed by atoms with van der Waals surface area (Å²) >= 11 is 1.62. The van der Waals surface area contributed by atoms with Crippen LogP contribution >= 0.6 is 11.3 Å². The van der Waals surface area contributed by atoms with Gasteiger partial charge in [0.2, 0.25) is 0 Å². The summed E-state index contributed by atoms with van der Waals surface area (Å²) < 4.78 is 5.45. The molecule has 0 aliphatic carbocycles. The maximum Gasteiger partial charge on any atom is 0.124 e. The molecule has 0 aliphatic rings. The van der Waals surface area contributed by atoms with E-state index in [4.69, 9.17) is 10.5 Å². The van der Waals surface area contributed by atoms with Crippen molar-refractivity contribution < 1.29 is 4.74 Å². The van der Waals surface area contributed by atoms with Crippen molar-refractivity contribution in [2.24, 2.45) is 0 Å². The summed E-state index contributed by atoms with van der Waals surface area (Å²) in [6.45, 7) is 2.65. The molecule has 0 saturated carbocycles. The molecule has 21 heavy (non-hydrogen) atoms. The zero-order valence-corrected chi connectivity index (χ0v) is 12.6. The number of hydrogen-bond donors (Lipinski definition) is 1. The summed E-state index contributed by atoms with van der Waals surface area (Å²) in [4.78, 5) is 4.69. The fourth-order valence-corrected chi connectivity index (χ4v) is 2.93. The van der Waals surface area contributed by atoms with E-state index in [1.54, 1.807) is 11.3 Å². The predicted molar refractivity (Wildman–Crippen MR) is 88.6 cm³/mol. The van der Waals surface area contributed by atoms with Crippen LogP contribution in [0.2, 0.25) is 0 Å². The highest BCUT2D eigenvalue weighted by atomic mass is 32.1. The fraction of sp³-hybridized carbons (Fsp3) is 0.118. The van der Waals surface area contributed by atoms with Crippen LogP contribution < -0.4 is 10.5 Å². The first kappa shape index (κ1) is 13.6. The summed E-state index contributed by atoms with van der Waals surface area (Å²) in [6, 6.07) is 15.8. The molecule has 0 amide bonds. The average molecular weight is 296 g/mol. The Morgan fingerprint density at radius 3 is 2.62 bits per heavy atom. The number of rotatable bonds is 4. The Labute approximate surface area is 128 Å². The molecular formula is C17H16N2OS. The summed E-state index contributed by atoms with van der Waals surface area (Å²) in [7, 11) is 0. The van der Waals surface area contributed by atoms with E-state index in [0.717, 1.165) is 33.3 Å². The highest BCUT2D eigenvalue weighted by molar-refractivity contribution is 7.13. The Bertz CT molecular complexity index is 735. The van der Waals surface area contributed by atoms with Gasteiger partial charge in [0.1, 0.15) is 10.8 Å². The molecule has 3 nitrogen and oxygen atoms in total. The van der Waals surface area contributed by atoms with E-state index in [0.29, 0.717) is 6.61 Å². The van der Waals surface area contributed by atoms with E-state index < -0.39 is 0 Å². The third-order valence-electron chi connectivity index (χ3n) is 3.10. The van der Waals surface area contributed by atoms with Gasteiger partial charge in [0.25, 0.3) is 0 Å². The Hall–Kier alpha value is -2.33. The first-order valence-electron chi connectivity index (χ1n) is 6.81. The van der Waals surface area contributed by atoms with Gasteiger partial charge in [-0.3, -0.25) is 0 Å². The molecule has 0 atom stereocenters. The molecule has 0 radical (unpaired) electrons. The standard InChI is InChI=1S/C17H16N2OS/c1-2-20-15-8-6-12(7-9-15)16-11-21-17(19-16)13-4-3-5-14(18)10-13/h3-11H,2,18H2,1H3. The van der Waals surface area contributed by atoms with E-state index in [1.807, 2.05) is 55.5 Å². The quantitative estimate of drug-likeness (QED) is 0.723. The lowest BCUT2D eigenvalue weighted by Gasteiger charge is -2.03. The average Bonchev–Trinajstić information content (AvgIpc) is 2.98. The topological polar surface area (TPSA) is 48.1 Å². The molecule has 1 aromatic heterocycles. The Morgan fingerprint density at radius 2 is 1.90 bits per heavy atom. The molecular weight excluding hydrogens is 280 g/mol. The first-order chi connectivity index (χ1) is 10.3. The second kappa shape index (κ2) is 5.97. The van der Waals surface area contributed by atoms with Crippen molar-refractivity contribution in [2.75, 3.05) is 12.3 Å². The molecule has 4 heteroatoms. The maximum atomic E-state index is 5.82. The third kappa shape index (κ3) is 3.06. The van der Waals surface area contributed by atoms with Crippen LogP contribution in [0, 0.1) is 0 Å². The van der Waals surface area contributed by atoms with E-state index >= 15 is 0 Å². The number of nitrogens with two attached hydrogens (primary N) is 1. The van der Waals surface area contributed by atoms with Crippen LogP contribution in [0.25, 0.3) is 21.8 Å². The summed E-state index contributed by atoms with van der Waals surface area (Å²) in [5.41, 5.74) is 9.69. The third-order valence-corrected chi connectivity index (χ3v) is 3.99. The Kier molecular flexibility index (Phi) is 3.88. The van der Waals surface area contributed by atoms with E-state index in [9.17, 15) is 0 Å². The van der Waals surface area contributed by atoms with Crippen molar-refractivity contribution in [2.45, 2.75) is 6.92 Å². The van der Waals surface area contributed by atoms with Gasteiger partial charge < -0.3 is 10.5 Å². The van der Waals surface area contributed by atoms with E-state index in [-0.39, 0.29) is 0 Å². The van der Waals surface area contributed by atoms with Crippen molar-refractivity contribution in [3.8, 4) is 27.6 Å². The fourth-order valence-electron chi connectivity index (χ4n) is 2.10. The number of nitrogen functional groups attached to an aromatic ring is 1. The van der Waals surface area contributed by atoms with Crippen LogP contribution in [-0.2, 0) is 0 Å². The number of aromatic nitrogens is 1.